The van der Waals surface area contributed by atoms with Gasteiger partial charge in [0.05, 0.1) is 5.56 Å². The van der Waals surface area contributed by atoms with E-state index in [1.165, 1.54) is 6.07 Å². The van der Waals surface area contributed by atoms with Crippen molar-refractivity contribution in [1.29, 1.82) is 0 Å². The summed E-state index contributed by atoms with van der Waals surface area (Å²) in [6, 6.07) is 11.9. The van der Waals surface area contributed by atoms with Crippen LogP contribution in [0.3, 0.4) is 0 Å². The van der Waals surface area contributed by atoms with Crippen LogP contribution in [0.15, 0.2) is 85.2 Å². The molecule has 2 aromatic rings. The summed E-state index contributed by atoms with van der Waals surface area (Å²) in [5.41, 5.74) is 0.601. The fraction of sp³-hybridized carbons (Fsp3) is 0.143. The van der Waals surface area contributed by atoms with Gasteiger partial charge in [-0.3, -0.25) is 0 Å². The first kappa shape index (κ1) is 19.4. The van der Waals surface area contributed by atoms with Crippen molar-refractivity contribution in [3.8, 4) is 11.5 Å². The zero-order valence-corrected chi connectivity index (χ0v) is 14.3. The molecule has 5 heteroatoms. The Balaban J connectivity index is 2.01. The van der Waals surface area contributed by atoms with E-state index in [0.29, 0.717) is 22.8 Å². The normalized spacial score (nSPS) is 11.4. The standard InChI is InChI=1S/C21H19F3O2/c1-15(2)10-11-16(3)26-20-9-5-8-19(13-20)25-14-17-6-4-7-18(12-17)21(22,23)24/h4-13H,1,3,14H2,2H3/b11-10-. The van der Waals surface area contributed by atoms with Gasteiger partial charge in [0.15, 0.2) is 0 Å². The van der Waals surface area contributed by atoms with Gasteiger partial charge in [0.2, 0.25) is 0 Å². The van der Waals surface area contributed by atoms with Gasteiger partial charge in [-0.25, -0.2) is 0 Å². The molecule has 0 saturated heterocycles. The second kappa shape index (κ2) is 8.43. The van der Waals surface area contributed by atoms with Crippen LogP contribution in [-0.2, 0) is 12.8 Å². The molecule has 26 heavy (non-hydrogen) atoms. The molecule has 0 fully saturated rings. The molecule has 0 aliphatic carbocycles. The zero-order valence-electron chi connectivity index (χ0n) is 14.3. The highest BCUT2D eigenvalue weighted by molar-refractivity contribution is 5.35. The third kappa shape index (κ3) is 6.16. The topological polar surface area (TPSA) is 18.5 Å². The molecule has 0 radical (unpaired) electrons. The minimum absolute atomic E-state index is 0.0177. The van der Waals surface area contributed by atoms with Gasteiger partial charge in [0.1, 0.15) is 23.9 Å². The molecule has 0 aliphatic rings. The highest BCUT2D eigenvalue weighted by Gasteiger charge is 2.30. The van der Waals surface area contributed by atoms with Gasteiger partial charge in [0.25, 0.3) is 0 Å². The molecule has 0 atom stereocenters. The zero-order chi connectivity index (χ0) is 19.2. The third-order valence-corrected chi connectivity index (χ3v) is 3.27. The number of benzene rings is 2. The van der Waals surface area contributed by atoms with E-state index in [-0.39, 0.29) is 6.61 Å². The van der Waals surface area contributed by atoms with Crippen LogP contribution >= 0.6 is 0 Å². The molecule has 2 nitrogen and oxygen atoms in total. The summed E-state index contributed by atoms with van der Waals surface area (Å²) in [6.45, 7) is 9.40. The Labute approximate surface area is 150 Å². The van der Waals surface area contributed by atoms with Crippen LogP contribution in [0.5, 0.6) is 11.5 Å². The second-order valence-corrected chi connectivity index (χ2v) is 5.71. The van der Waals surface area contributed by atoms with Crippen molar-refractivity contribution in [3.05, 3.63) is 96.3 Å². The largest absolute Gasteiger partial charge is 0.489 e. The summed E-state index contributed by atoms with van der Waals surface area (Å²) in [4.78, 5) is 0. The maximum absolute atomic E-state index is 12.7. The predicted molar refractivity (Wildman–Crippen MR) is 95.9 cm³/mol. The summed E-state index contributed by atoms with van der Waals surface area (Å²) in [5, 5.41) is 0. The maximum atomic E-state index is 12.7. The molecule has 2 rings (SSSR count). The first-order chi connectivity index (χ1) is 12.2. The lowest BCUT2D eigenvalue weighted by Crippen LogP contribution is -2.06. The minimum Gasteiger partial charge on any atom is -0.489 e. The first-order valence-electron chi connectivity index (χ1n) is 7.83. The number of alkyl halides is 3. The van der Waals surface area contributed by atoms with E-state index in [4.69, 9.17) is 9.47 Å². The molecular formula is C21H19F3O2. The van der Waals surface area contributed by atoms with Gasteiger partial charge in [-0.1, -0.05) is 43.0 Å². The average Bonchev–Trinajstić information content (AvgIpc) is 2.58. The molecule has 0 heterocycles. The highest BCUT2D eigenvalue weighted by atomic mass is 19.4. The molecular weight excluding hydrogens is 341 g/mol. The van der Waals surface area contributed by atoms with Crippen LogP contribution < -0.4 is 9.47 Å². The Morgan fingerprint density at radius 1 is 1.00 bits per heavy atom. The Kier molecular flexibility index (Phi) is 6.28. The maximum Gasteiger partial charge on any atom is 0.416 e. The van der Waals surface area contributed by atoms with E-state index in [9.17, 15) is 13.2 Å². The van der Waals surface area contributed by atoms with E-state index in [1.54, 1.807) is 42.5 Å². The van der Waals surface area contributed by atoms with Crippen molar-refractivity contribution in [1.82, 2.24) is 0 Å². The van der Waals surface area contributed by atoms with E-state index >= 15 is 0 Å². The lowest BCUT2D eigenvalue weighted by Gasteiger charge is -2.11. The van der Waals surface area contributed by atoms with Gasteiger partial charge in [-0.15, -0.1) is 0 Å². The molecule has 0 amide bonds. The Morgan fingerprint density at radius 2 is 1.69 bits per heavy atom. The number of hydrogen-bond donors (Lipinski definition) is 0. The van der Waals surface area contributed by atoms with Crippen LogP contribution in [0.1, 0.15) is 18.1 Å². The number of rotatable bonds is 7. The molecule has 0 unspecified atom stereocenters. The predicted octanol–water partition coefficient (Wildman–Crippen LogP) is 6.31. The minimum atomic E-state index is -4.37. The van der Waals surface area contributed by atoms with Crippen molar-refractivity contribution in [2.45, 2.75) is 19.7 Å². The number of hydrogen-bond acceptors (Lipinski definition) is 2. The molecule has 0 aromatic heterocycles. The van der Waals surface area contributed by atoms with E-state index < -0.39 is 11.7 Å². The fourth-order valence-electron chi connectivity index (χ4n) is 2.05. The van der Waals surface area contributed by atoms with Gasteiger partial charge < -0.3 is 9.47 Å². The number of ether oxygens (including phenoxy) is 2. The third-order valence-electron chi connectivity index (χ3n) is 3.27. The summed E-state index contributed by atoms with van der Waals surface area (Å²) in [6.07, 6.45) is -0.906. The van der Waals surface area contributed by atoms with Crippen molar-refractivity contribution in [2.24, 2.45) is 0 Å². The molecule has 136 valence electrons. The Bertz CT molecular complexity index is 820. The van der Waals surface area contributed by atoms with Gasteiger partial charge in [-0.05, 0) is 42.8 Å². The van der Waals surface area contributed by atoms with Crippen LogP contribution in [0.25, 0.3) is 0 Å². The van der Waals surface area contributed by atoms with Crippen molar-refractivity contribution >= 4 is 0 Å². The molecule has 2 aromatic carbocycles. The van der Waals surface area contributed by atoms with E-state index in [0.717, 1.165) is 17.7 Å². The quantitative estimate of drug-likeness (QED) is 0.425. The monoisotopic (exact) mass is 360 g/mol. The Hall–Kier alpha value is -2.95. The summed E-state index contributed by atoms with van der Waals surface area (Å²) in [5.74, 6) is 1.43. The number of halogens is 3. The van der Waals surface area contributed by atoms with E-state index in [1.807, 2.05) is 6.92 Å². The van der Waals surface area contributed by atoms with Crippen LogP contribution in [0, 0.1) is 0 Å². The average molecular weight is 360 g/mol. The van der Waals surface area contributed by atoms with Gasteiger partial charge in [0, 0.05) is 6.07 Å². The summed E-state index contributed by atoms with van der Waals surface area (Å²) in [7, 11) is 0. The van der Waals surface area contributed by atoms with E-state index in [2.05, 4.69) is 13.2 Å². The molecule has 0 spiro atoms. The summed E-state index contributed by atoms with van der Waals surface area (Å²) < 4.78 is 49.4. The molecule has 0 aliphatic heterocycles. The smallest absolute Gasteiger partial charge is 0.416 e. The van der Waals surface area contributed by atoms with Crippen LogP contribution in [0.4, 0.5) is 13.2 Å². The van der Waals surface area contributed by atoms with Gasteiger partial charge >= 0.3 is 6.18 Å². The van der Waals surface area contributed by atoms with Crippen LogP contribution in [-0.4, -0.2) is 0 Å². The lowest BCUT2D eigenvalue weighted by molar-refractivity contribution is -0.137. The number of allylic oxidation sites excluding steroid dienone is 3. The fourth-order valence-corrected chi connectivity index (χ4v) is 2.05. The second-order valence-electron chi connectivity index (χ2n) is 5.71. The van der Waals surface area contributed by atoms with Crippen molar-refractivity contribution in [3.63, 3.8) is 0 Å². The lowest BCUT2D eigenvalue weighted by atomic mass is 10.1. The van der Waals surface area contributed by atoms with Crippen molar-refractivity contribution in [2.75, 3.05) is 0 Å². The Morgan fingerprint density at radius 3 is 2.38 bits per heavy atom. The molecule has 0 saturated carbocycles. The van der Waals surface area contributed by atoms with Crippen molar-refractivity contribution < 1.29 is 22.6 Å². The first-order valence-corrected chi connectivity index (χ1v) is 7.83. The molecule has 0 N–H and O–H groups in total. The van der Waals surface area contributed by atoms with Gasteiger partial charge in [-0.2, -0.15) is 13.2 Å². The highest BCUT2D eigenvalue weighted by Crippen LogP contribution is 2.30. The SMILES string of the molecule is C=C(C)/C=C\C(=C)Oc1cccc(OCc2cccc(C(F)(F)F)c2)c1. The van der Waals surface area contributed by atoms with Crippen LogP contribution in [0.2, 0.25) is 0 Å². The molecule has 0 bridgehead atoms. The summed E-state index contributed by atoms with van der Waals surface area (Å²) >= 11 is 0.